The number of carbonyl (C=O) groups excluding carboxylic acids is 2. The Morgan fingerprint density at radius 1 is 0.857 bits per heavy atom. The number of hydrogen-bond donors (Lipinski definition) is 1. The van der Waals surface area contributed by atoms with Crippen molar-refractivity contribution in [3.8, 4) is 0 Å². The van der Waals surface area contributed by atoms with Crippen molar-refractivity contribution in [1.82, 2.24) is 15.1 Å². The van der Waals surface area contributed by atoms with Gasteiger partial charge in [0.2, 0.25) is 0 Å². The van der Waals surface area contributed by atoms with Crippen molar-refractivity contribution < 1.29 is 9.59 Å². The van der Waals surface area contributed by atoms with Crippen LogP contribution in [0.2, 0.25) is 0 Å². The Kier molecular flexibility index (Phi) is 4.48. The minimum atomic E-state index is -0.548. The summed E-state index contributed by atoms with van der Waals surface area (Å²) in [4.78, 5) is 28.6. The smallest absolute Gasteiger partial charge is 0.323 e. The topological polar surface area (TPSA) is 52.7 Å². The van der Waals surface area contributed by atoms with E-state index < -0.39 is 5.54 Å². The molecule has 1 aliphatic carbocycles. The summed E-state index contributed by atoms with van der Waals surface area (Å²) in [5.41, 5.74) is -0.548. The lowest BCUT2D eigenvalue weighted by atomic mass is 9.98. The number of imide groups is 1. The molecule has 1 N–H and O–H groups in total. The van der Waals surface area contributed by atoms with E-state index in [1.54, 1.807) is 0 Å². The van der Waals surface area contributed by atoms with Crippen molar-refractivity contribution in [2.75, 3.05) is 26.2 Å². The normalized spacial score (nSPS) is 27.0. The van der Waals surface area contributed by atoms with Gasteiger partial charge in [0.15, 0.2) is 0 Å². The van der Waals surface area contributed by atoms with Crippen LogP contribution in [0.5, 0.6) is 0 Å². The van der Waals surface area contributed by atoms with E-state index in [9.17, 15) is 9.59 Å². The molecule has 0 aromatic heterocycles. The average Bonchev–Trinajstić information content (AvgIpc) is 2.98. The largest absolute Gasteiger partial charge is 0.325 e. The predicted octanol–water partition coefficient (Wildman–Crippen LogP) is 2.12. The van der Waals surface area contributed by atoms with E-state index in [0.717, 1.165) is 45.3 Å². The van der Waals surface area contributed by atoms with E-state index in [1.165, 1.54) is 37.0 Å². The molecule has 2 heterocycles. The molecular weight excluding hydrogens is 266 g/mol. The van der Waals surface area contributed by atoms with E-state index in [4.69, 9.17) is 0 Å². The van der Waals surface area contributed by atoms with Crippen LogP contribution in [0.25, 0.3) is 0 Å². The maximum Gasteiger partial charge on any atom is 0.325 e. The molecule has 0 radical (unpaired) electrons. The summed E-state index contributed by atoms with van der Waals surface area (Å²) in [6, 6.07) is -0.172. The van der Waals surface area contributed by atoms with Crippen molar-refractivity contribution in [1.29, 1.82) is 0 Å². The Labute approximate surface area is 127 Å². The molecule has 0 aromatic carbocycles. The number of nitrogens with one attached hydrogen (secondary N) is 1. The molecule has 2 aliphatic heterocycles. The first-order chi connectivity index (χ1) is 10.2. The van der Waals surface area contributed by atoms with E-state index in [0.29, 0.717) is 6.54 Å². The van der Waals surface area contributed by atoms with Crippen LogP contribution in [0, 0.1) is 0 Å². The zero-order valence-corrected chi connectivity index (χ0v) is 12.9. The minimum Gasteiger partial charge on any atom is -0.323 e. The van der Waals surface area contributed by atoms with Crippen LogP contribution in [0.4, 0.5) is 4.79 Å². The average molecular weight is 293 g/mol. The third kappa shape index (κ3) is 3.07. The van der Waals surface area contributed by atoms with Crippen LogP contribution in [0.15, 0.2) is 0 Å². The fourth-order valence-electron chi connectivity index (χ4n) is 3.97. The summed E-state index contributed by atoms with van der Waals surface area (Å²) < 4.78 is 0. The molecule has 5 heteroatoms. The number of hydrogen-bond acceptors (Lipinski definition) is 3. The summed E-state index contributed by atoms with van der Waals surface area (Å²) in [5.74, 6) is 0.0250. The lowest BCUT2D eigenvalue weighted by molar-refractivity contribution is -0.131. The number of rotatable bonds is 3. The Morgan fingerprint density at radius 3 is 2.14 bits per heavy atom. The molecule has 5 nitrogen and oxygen atoms in total. The van der Waals surface area contributed by atoms with Crippen LogP contribution in [0.3, 0.4) is 0 Å². The van der Waals surface area contributed by atoms with Crippen molar-refractivity contribution in [3.63, 3.8) is 0 Å². The van der Waals surface area contributed by atoms with Crippen molar-refractivity contribution in [3.05, 3.63) is 0 Å². The van der Waals surface area contributed by atoms with Crippen LogP contribution < -0.4 is 5.32 Å². The zero-order valence-electron chi connectivity index (χ0n) is 12.9. The quantitative estimate of drug-likeness (QED) is 0.811. The summed E-state index contributed by atoms with van der Waals surface area (Å²) in [7, 11) is 0. The lowest BCUT2D eigenvalue weighted by Crippen LogP contribution is -2.45. The van der Waals surface area contributed by atoms with E-state index >= 15 is 0 Å². The van der Waals surface area contributed by atoms with Crippen LogP contribution in [0.1, 0.15) is 57.8 Å². The number of carbonyl (C=O) groups is 2. The molecule has 0 aromatic rings. The Morgan fingerprint density at radius 2 is 1.48 bits per heavy atom. The number of amides is 3. The Bertz CT molecular complexity index is 396. The van der Waals surface area contributed by atoms with Gasteiger partial charge in [0.05, 0.1) is 0 Å². The third-order valence-corrected chi connectivity index (χ3v) is 5.29. The lowest BCUT2D eigenvalue weighted by Gasteiger charge is -2.26. The molecule has 1 spiro atoms. The molecule has 3 rings (SSSR count). The van der Waals surface area contributed by atoms with Gasteiger partial charge < -0.3 is 10.2 Å². The number of urea groups is 1. The van der Waals surface area contributed by atoms with Gasteiger partial charge in [0.25, 0.3) is 5.91 Å². The maximum atomic E-state index is 12.6. The fraction of sp³-hybridized carbons (Fsp3) is 0.875. The molecule has 3 aliphatic rings. The summed E-state index contributed by atoms with van der Waals surface area (Å²) in [6.45, 7) is 3.59. The SMILES string of the molecule is O=C1NC2(CCCC2)C(=O)N1CCN1CCCCCCC1. The van der Waals surface area contributed by atoms with Gasteiger partial charge in [-0.1, -0.05) is 32.1 Å². The highest BCUT2D eigenvalue weighted by Crippen LogP contribution is 2.34. The molecule has 0 bridgehead atoms. The monoisotopic (exact) mass is 293 g/mol. The highest BCUT2D eigenvalue weighted by Gasteiger charge is 2.52. The first-order valence-electron chi connectivity index (χ1n) is 8.58. The van der Waals surface area contributed by atoms with Crippen LogP contribution in [-0.4, -0.2) is 53.5 Å². The summed E-state index contributed by atoms with van der Waals surface area (Å²) >= 11 is 0. The molecule has 118 valence electrons. The van der Waals surface area contributed by atoms with E-state index in [1.807, 2.05) is 0 Å². The summed E-state index contributed by atoms with van der Waals surface area (Å²) in [5, 5.41) is 2.96. The molecule has 1 saturated carbocycles. The van der Waals surface area contributed by atoms with Crippen molar-refractivity contribution >= 4 is 11.9 Å². The fourth-order valence-corrected chi connectivity index (χ4v) is 3.97. The van der Waals surface area contributed by atoms with Gasteiger partial charge in [-0.25, -0.2) is 4.79 Å². The minimum absolute atomic E-state index is 0.0250. The van der Waals surface area contributed by atoms with Gasteiger partial charge in [-0.2, -0.15) is 0 Å². The second kappa shape index (κ2) is 6.34. The second-order valence-corrected chi connectivity index (χ2v) is 6.79. The van der Waals surface area contributed by atoms with Gasteiger partial charge in [-0.15, -0.1) is 0 Å². The van der Waals surface area contributed by atoms with Gasteiger partial charge in [-0.05, 0) is 38.8 Å². The van der Waals surface area contributed by atoms with E-state index in [2.05, 4.69) is 10.2 Å². The summed E-state index contributed by atoms with van der Waals surface area (Å²) in [6.07, 6.45) is 10.2. The van der Waals surface area contributed by atoms with Crippen LogP contribution in [-0.2, 0) is 4.79 Å². The predicted molar refractivity (Wildman–Crippen MR) is 81.0 cm³/mol. The molecule has 3 amide bonds. The molecular formula is C16H27N3O2. The van der Waals surface area contributed by atoms with Gasteiger partial charge >= 0.3 is 6.03 Å². The first-order valence-corrected chi connectivity index (χ1v) is 8.58. The highest BCUT2D eigenvalue weighted by atomic mass is 16.2. The van der Waals surface area contributed by atoms with Gasteiger partial charge in [-0.3, -0.25) is 9.69 Å². The third-order valence-electron chi connectivity index (χ3n) is 5.29. The maximum absolute atomic E-state index is 12.6. The van der Waals surface area contributed by atoms with Crippen LogP contribution >= 0.6 is 0 Å². The highest BCUT2D eigenvalue weighted by molar-refractivity contribution is 6.07. The number of likely N-dealkylation sites (tertiary alicyclic amines) is 1. The Balaban J connectivity index is 1.54. The standard InChI is InChI=1S/C16H27N3O2/c20-14-16(8-4-5-9-16)17-15(21)19(14)13-12-18-10-6-2-1-3-7-11-18/h1-13H2,(H,17,21). The Hall–Kier alpha value is -1.10. The van der Waals surface area contributed by atoms with Gasteiger partial charge in [0, 0.05) is 13.1 Å². The second-order valence-electron chi connectivity index (χ2n) is 6.79. The van der Waals surface area contributed by atoms with Crippen molar-refractivity contribution in [2.24, 2.45) is 0 Å². The first kappa shape index (κ1) is 14.8. The molecule has 0 unspecified atom stereocenters. The number of nitrogens with zero attached hydrogens (tertiary/aromatic N) is 2. The molecule has 3 fully saturated rings. The molecule has 2 saturated heterocycles. The molecule has 0 atom stereocenters. The zero-order chi connectivity index (χ0) is 14.7. The molecule has 21 heavy (non-hydrogen) atoms. The van der Waals surface area contributed by atoms with Crippen molar-refractivity contribution in [2.45, 2.75) is 63.3 Å². The van der Waals surface area contributed by atoms with Gasteiger partial charge in [0.1, 0.15) is 5.54 Å². The van der Waals surface area contributed by atoms with E-state index in [-0.39, 0.29) is 11.9 Å².